The maximum absolute atomic E-state index is 12.6. The zero-order valence-electron chi connectivity index (χ0n) is 14.3. The van der Waals surface area contributed by atoms with E-state index >= 15 is 0 Å². The number of hydrogen-bond donors (Lipinski definition) is 1. The van der Waals surface area contributed by atoms with E-state index in [9.17, 15) is 9.59 Å². The molecule has 1 unspecified atom stereocenters. The van der Waals surface area contributed by atoms with Gasteiger partial charge in [0, 0.05) is 32.6 Å². The van der Waals surface area contributed by atoms with E-state index in [1.165, 1.54) is 12.8 Å². The molecular formula is C18H31N3O2. The number of piperidine rings is 2. The average molecular weight is 321 g/mol. The smallest absolute Gasteiger partial charge is 0.227 e. The Labute approximate surface area is 139 Å². The molecule has 1 atom stereocenters. The molecule has 2 amide bonds. The van der Waals surface area contributed by atoms with E-state index in [4.69, 9.17) is 0 Å². The van der Waals surface area contributed by atoms with Gasteiger partial charge in [-0.1, -0.05) is 0 Å². The molecular weight excluding hydrogens is 290 g/mol. The standard InChI is InChI=1S/C18H31N3O2/c22-17(6-5-15-7-9-19-10-8-15)21-13-3-4-16(14-21)18(23)20-11-1-2-12-20/h15-16,19H,1-14H2. The Morgan fingerprint density at radius 1 is 0.913 bits per heavy atom. The van der Waals surface area contributed by atoms with Crippen molar-refractivity contribution in [2.45, 2.75) is 51.4 Å². The molecule has 3 heterocycles. The molecule has 23 heavy (non-hydrogen) atoms. The van der Waals surface area contributed by atoms with Crippen molar-refractivity contribution in [2.24, 2.45) is 11.8 Å². The minimum absolute atomic E-state index is 0.0460. The van der Waals surface area contributed by atoms with E-state index in [1.54, 1.807) is 0 Å². The highest BCUT2D eigenvalue weighted by molar-refractivity contribution is 5.81. The van der Waals surface area contributed by atoms with Crippen LogP contribution in [0.5, 0.6) is 0 Å². The lowest BCUT2D eigenvalue weighted by Gasteiger charge is -2.34. The molecule has 1 N–H and O–H groups in total. The number of nitrogens with zero attached hydrogens (tertiary/aromatic N) is 2. The lowest BCUT2D eigenvalue weighted by molar-refractivity contribution is -0.140. The van der Waals surface area contributed by atoms with Gasteiger partial charge in [-0.25, -0.2) is 0 Å². The second kappa shape index (κ2) is 8.13. The summed E-state index contributed by atoms with van der Waals surface area (Å²) in [5, 5.41) is 3.37. The third-order valence-electron chi connectivity index (χ3n) is 5.77. The van der Waals surface area contributed by atoms with Crippen LogP contribution in [0.25, 0.3) is 0 Å². The SMILES string of the molecule is O=C(CCC1CCNCC1)N1CCCC(C(=O)N2CCCC2)C1. The molecule has 0 saturated carbocycles. The molecule has 130 valence electrons. The van der Waals surface area contributed by atoms with Gasteiger partial charge in [-0.05, 0) is 64.0 Å². The summed E-state index contributed by atoms with van der Waals surface area (Å²) in [4.78, 5) is 29.0. The quantitative estimate of drug-likeness (QED) is 0.856. The Morgan fingerprint density at radius 2 is 1.61 bits per heavy atom. The molecule has 3 saturated heterocycles. The molecule has 0 aliphatic carbocycles. The number of rotatable bonds is 4. The fourth-order valence-corrected chi connectivity index (χ4v) is 4.26. The first-order valence-electron chi connectivity index (χ1n) is 9.51. The summed E-state index contributed by atoms with van der Waals surface area (Å²) >= 11 is 0. The molecule has 0 aromatic carbocycles. The number of hydrogen-bond acceptors (Lipinski definition) is 3. The molecule has 5 nitrogen and oxygen atoms in total. The van der Waals surface area contributed by atoms with Gasteiger partial charge in [0.05, 0.1) is 5.92 Å². The Hall–Kier alpha value is -1.10. The maximum Gasteiger partial charge on any atom is 0.227 e. The van der Waals surface area contributed by atoms with E-state index < -0.39 is 0 Å². The fourth-order valence-electron chi connectivity index (χ4n) is 4.26. The topological polar surface area (TPSA) is 52.7 Å². The monoisotopic (exact) mass is 321 g/mol. The van der Waals surface area contributed by atoms with E-state index in [0.717, 1.165) is 64.8 Å². The summed E-state index contributed by atoms with van der Waals surface area (Å²) in [5.41, 5.74) is 0. The molecule has 0 aromatic rings. The Kier molecular flexibility index (Phi) is 5.92. The molecule has 3 fully saturated rings. The van der Waals surface area contributed by atoms with Crippen molar-refractivity contribution in [2.75, 3.05) is 39.3 Å². The Bertz CT molecular complexity index is 414. The zero-order chi connectivity index (χ0) is 16.1. The van der Waals surface area contributed by atoms with Gasteiger partial charge in [0.2, 0.25) is 11.8 Å². The highest BCUT2D eigenvalue weighted by Gasteiger charge is 2.32. The summed E-state index contributed by atoms with van der Waals surface area (Å²) in [6, 6.07) is 0. The van der Waals surface area contributed by atoms with Crippen molar-refractivity contribution >= 4 is 11.8 Å². The van der Waals surface area contributed by atoms with Crippen LogP contribution in [-0.4, -0.2) is 60.9 Å². The first kappa shape index (κ1) is 16.7. The van der Waals surface area contributed by atoms with E-state index in [1.807, 2.05) is 9.80 Å². The highest BCUT2D eigenvalue weighted by Crippen LogP contribution is 2.23. The minimum atomic E-state index is 0.0460. The van der Waals surface area contributed by atoms with Gasteiger partial charge in [-0.2, -0.15) is 0 Å². The number of carbonyl (C=O) groups excluding carboxylic acids is 2. The Balaban J connectivity index is 1.45. The highest BCUT2D eigenvalue weighted by atomic mass is 16.2. The van der Waals surface area contributed by atoms with Gasteiger partial charge in [-0.3, -0.25) is 9.59 Å². The molecule has 0 aromatic heterocycles. The zero-order valence-corrected chi connectivity index (χ0v) is 14.3. The average Bonchev–Trinajstić information content (AvgIpc) is 3.14. The lowest BCUT2D eigenvalue weighted by atomic mass is 9.92. The van der Waals surface area contributed by atoms with Crippen LogP contribution in [-0.2, 0) is 9.59 Å². The van der Waals surface area contributed by atoms with Crippen LogP contribution in [0.3, 0.4) is 0 Å². The summed E-state index contributed by atoms with van der Waals surface area (Å²) in [6.07, 6.45) is 8.27. The number of likely N-dealkylation sites (tertiary alicyclic amines) is 2. The molecule has 0 radical (unpaired) electrons. The number of amides is 2. The van der Waals surface area contributed by atoms with E-state index in [-0.39, 0.29) is 11.8 Å². The van der Waals surface area contributed by atoms with Crippen LogP contribution in [0.1, 0.15) is 51.4 Å². The molecule has 0 spiro atoms. The second-order valence-electron chi connectivity index (χ2n) is 7.44. The number of nitrogens with one attached hydrogen (secondary N) is 1. The van der Waals surface area contributed by atoms with Gasteiger partial charge in [0.25, 0.3) is 0 Å². The fraction of sp³-hybridized carbons (Fsp3) is 0.889. The Morgan fingerprint density at radius 3 is 2.35 bits per heavy atom. The van der Waals surface area contributed by atoms with E-state index in [2.05, 4.69) is 5.32 Å². The molecule has 3 aliphatic heterocycles. The molecule has 0 bridgehead atoms. The summed E-state index contributed by atoms with van der Waals surface area (Å²) in [6.45, 7) is 5.51. The first-order valence-corrected chi connectivity index (χ1v) is 9.51. The van der Waals surface area contributed by atoms with Crippen LogP contribution >= 0.6 is 0 Å². The second-order valence-corrected chi connectivity index (χ2v) is 7.44. The van der Waals surface area contributed by atoms with Gasteiger partial charge in [0.15, 0.2) is 0 Å². The van der Waals surface area contributed by atoms with Crippen molar-refractivity contribution in [3.05, 3.63) is 0 Å². The van der Waals surface area contributed by atoms with Crippen LogP contribution < -0.4 is 5.32 Å². The van der Waals surface area contributed by atoms with Crippen LogP contribution in [0, 0.1) is 11.8 Å². The van der Waals surface area contributed by atoms with Gasteiger partial charge < -0.3 is 15.1 Å². The normalized spacial score (nSPS) is 26.5. The van der Waals surface area contributed by atoms with Crippen LogP contribution in [0.15, 0.2) is 0 Å². The third-order valence-corrected chi connectivity index (χ3v) is 5.77. The minimum Gasteiger partial charge on any atom is -0.342 e. The predicted molar refractivity (Wildman–Crippen MR) is 89.9 cm³/mol. The third kappa shape index (κ3) is 4.46. The summed E-state index contributed by atoms with van der Waals surface area (Å²) in [5.74, 6) is 1.30. The van der Waals surface area contributed by atoms with Crippen molar-refractivity contribution in [3.63, 3.8) is 0 Å². The lowest BCUT2D eigenvalue weighted by Crippen LogP contribution is -2.46. The van der Waals surface area contributed by atoms with Gasteiger partial charge in [0.1, 0.15) is 0 Å². The van der Waals surface area contributed by atoms with Crippen molar-refractivity contribution in [1.82, 2.24) is 15.1 Å². The number of carbonyl (C=O) groups is 2. The molecule has 5 heteroatoms. The van der Waals surface area contributed by atoms with Crippen LogP contribution in [0.4, 0.5) is 0 Å². The predicted octanol–water partition coefficient (Wildman–Crippen LogP) is 1.63. The maximum atomic E-state index is 12.6. The molecule has 3 aliphatic rings. The van der Waals surface area contributed by atoms with Gasteiger partial charge >= 0.3 is 0 Å². The van der Waals surface area contributed by atoms with Crippen molar-refractivity contribution in [3.8, 4) is 0 Å². The molecule has 3 rings (SSSR count). The van der Waals surface area contributed by atoms with E-state index in [0.29, 0.717) is 24.8 Å². The first-order chi connectivity index (χ1) is 11.2. The van der Waals surface area contributed by atoms with Crippen LogP contribution in [0.2, 0.25) is 0 Å². The van der Waals surface area contributed by atoms with Gasteiger partial charge in [-0.15, -0.1) is 0 Å². The summed E-state index contributed by atoms with van der Waals surface area (Å²) < 4.78 is 0. The van der Waals surface area contributed by atoms with Crippen molar-refractivity contribution in [1.29, 1.82) is 0 Å². The summed E-state index contributed by atoms with van der Waals surface area (Å²) in [7, 11) is 0. The largest absolute Gasteiger partial charge is 0.342 e. The van der Waals surface area contributed by atoms with Crippen molar-refractivity contribution < 1.29 is 9.59 Å².